The van der Waals surface area contributed by atoms with Gasteiger partial charge in [-0.25, -0.2) is 4.98 Å². The van der Waals surface area contributed by atoms with Gasteiger partial charge in [0.2, 0.25) is 0 Å². The van der Waals surface area contributed by atoms with E-state index in [1.807, 2.05) is 24.3 Å². The number of imidazole rings is 1. The molecular weight excluding hydrogens is 240 g/mol. The van der Waals surface area contributed by atoms with Crippen molar-refractivity contribution in [3.8, 4) is 0 Å². The highest BCUT2D eigenvalue weighted by Gasteiger charge is 2.11. The van der Waals surface area contributed by atoms with E-state index in [0.29, 0.717) is 5.69 Å². The summed E-state index contributed by atoms with van der Waals surface area (Å²) in [5, 5.41) is 6.18. The average molecular weight is 258 g/mol. The summed E-state index contributed by atoms with van der Waals surface area (Å²) < 4.78 is 1.70. The number of aromatic nitrogens is 2. The number of anilines is 1. The molecule has 0 bridgehead atoms. The second kappa shape index (κ2) is 6.15. The molecule has 0 saturated heterocycles. The van der Waals surface area contributed by atoms with Crippen LogP contribution in [-0.4, -0.2) is 22.0 Å². The van der Waals surface area contributed by atoms with Gasteiger partial charge in [0.1, 0.15) is 5.69 Å². The van der Waals surface area contributed by atoms with E-state index in [1.54, 1.807) is 24.1 Å². The van der Waals surface area contributed by atoms with Gasteiger partial charge in [0.15, 0.2) is 0 Å². The lowest BCUT2D eigenvalue weighted by atomic mass is 10.1. The molecular formula is C14H18N4O. The quantitative estimate of drug-likeness (QED) is 0.859. The molecule has 0 aliphatic carbocycles. The first-order valence-corrected chi connectivity index (χ1v) is 6.28. The number of carbonyl (C=O) groups is 1. The monoisotopic (exact) mass is 258 g/mol. The summed E-state index contributed by atoms with van der Waals surface area (Å²) in [5.74, 6) is -0.149. The number of benzene rings is 1. The second-order valence-corrected chi connectivity index (χ2v) is 4.28. The molecule has 19 heavy (non-hydrogen) atoms. The van der Waals surface area contributed by atoms with Gasteiger partial charge in [0, 0.05) is 19.3 Å². The maximum atomic E-state index is 12.1. The van der Waals surface area contributed by atoms with Crippen LogP contribution in [0.4, 0.5) is 5.69 Å². The Balaban J connectivity index is 2.15. The highest BCUT2D eigenvalue weighted by molar-refractivity contribution is 6.03. The van der Waals surface area contributed by atoms with Crippen molar-refractivity contribution in [2.45, 2.75) is 13.5 Å². The van der Waals surface area contributed by atoms with Crippen LogP contribution >= 0.6 is 0 Å². The first-order chi connectivity index (χ1) is 9.22. The molecule has 1 aromatic carbocycles. The third kappa shape index (κ3) is 3.20. The van der Waals surface area contributed by atoms with Crippen molar-refractivity contribution >= 4 is 11.6 Å². The van der Waals surface area contributed by atoms with Gasteiger partial charge in [-0.3, -0.25) is 4.79 Å². The lowest BCUT2D eigenvalue weighted by Crippen LogP contribution is -2.18. The summed E-state index contributed by atoms with van der Waals surface area (Å²) in [5.41, 5.74) is 2.44. The van der Waals surface area contributed by atoms with E-state index in [1.165, 1.54) is 0 Å². The van der Waals surface area contributed by atoms with E-state index in [9.17, 15) is 4.79 Å². The molecule has 0 radical (unpaired) electrons. The third-order valence-electron chi connectivity index (χ3n) is 2.88. The maximum absolute atomic E-state index is 12.1. The molecule has 0 aliphatic heterocycles. The molecule has 2 rings (SSSR count). The summed E-state index contributed by atoms with van der Waals surface area (Å²) in [6.45, 7) is 3.68. The average Bonchev–Trinajstić information content (AvgIpc) is 2.84. The minimum Gasteiger partial charge on any atom is -0.330 e. The van der Waals surface area contributed by atoms with Crippen LogP contribution in [0.2, 0.25) is 0 Å². The van der Waals surface area contributed by atoms with Gasteiger partial charge in [0.25, 0.3) is 5.91 Å². The number of aryl methyl sites for hydroxylation is 1. The highest BCUT2D eigenvalue weighted by atomic mass is 16.2. The van der Waals surface area contributed by atoms with Crippen LogP contribution in [0.5, 0.6) is 0 Å². The zero-order valence-electron chi connectivity index (χ0n) is 11.2. The Morgan fingerprint density at radius 2 is 2.16 bits per heavy atom. The summed E-state index contributed by atoms with van der Waals surface area (Å²) in [6, 6.07) is 7.78. The zero-order valence-corrected chi connectivity index (χ0v) is 11.2. The fourth-order valence-electron chi connectivity index (χ4n) is 1.82. The van der Waals surface area contributed by atoms with Crippen LogP contribution in [0, 0.1) is 0 Å². The Morgan fingerprint density at radius 1 is 1.37 bits per heavy atom. The molecule has 0 unspecified atom stereocenters. The van der Waals surface area contributed by atoms with Crippen molar-refractivity contribution in [2.24, 2.45) is 7.05 Å². The van der Waals surface area contributed by atoms with Gasteiger partial charge in [0.05, 0.1) is 12.5 Å². The lowest BCUT2D eigenvalue weighted by Gasteiger charge is -2.11. The molecule has 1 heterocycles. The predicted molar refractivity (Wildman–Crippen MR) is 75.0 cm³/mol. The number of nitrogens with zero attached hydrogens (tertiary/aromatic N) is 2. The van der Waals surface area contributed by atoms with E-state index in [2.05, 4.69) is 22.5 Å². The summed E-state index contributed by atoms with van der Waals surface area (Å²) in [7, 11) is 1.80. The van der Waals surface area contributed by atoms with Crippen LogP contribution in [0.25, 0.3) is 0 Å². The van der Waals surface area contributed by atoms with Crippen LogP contribution in [0.3, 0.4) is 0 Å². The Kier molecular flexibility index (Phi) is 4.30. The number of rotatable bonds is 5. The largest absolute Gasteiger partial charge is 0.330 e. The van der Waals surface area contributed by atoms with Gasteiger partial charge < -0.3 is 15.2 Å². The van der Waals surface area contributed by atoms with Crippen LogP contribution in [0.15, 0.2) is 36.8 Å². The summed E-state index contributed by atoms with van der Waals surface area (Å²) >= 11 is 0. The molecule has 2 N–H and O–H groups in total. The van der Waals surface area contributed by atoms with Gasteiger partial charge in [-0.1, -0.05) is 25.1 Å². The molecule has 100 valence electrons. The molecule has 0 saturated carbocycles. The number of amides is 1. The lowest BCUT2D eigenvalue weighted by molar-refractivity contribution is 0.101. The fraction of sp³-hybridized carbons (Fsp3) is 0.286. The molecule has 1 amide bonds. The van der Waals surface area contributed by atoms with Gasteiger partial charge in [-0.05, 0) is 18.2 Å². The van der Waals surface area contributed by atoms with Crippen molar-refractivity contribution in [3.63, 3.8) is 0 Å². The van der Waals surface area contributed by atoms with Crippen molar-refractivity contribution in [1.82, 2.24) is 14.9 Å². The third-order valence-corrected chi connectivity index (χ3v) is 2.88. The van der Waals surface area contributed by atoms with Gasteiger partial charge in [-0.15, -0.1) is 0 Å². The number of para-hydroxylation sites is 1. The number of nitrogens with one attached hydrogen (secondary N) is 2. The minimum atomic E-state index is -0.149. The Bertz CT molecular complexity index is 562. The number of carbonyl (C=O) groups excluding carboxylic acids is 1. The minimum absolute atomic E-state index is 0.149. The molecule has 1 aromatic heterocycles. The van der Waals surface area contributed by atoms with Gasteiger partial charge >= 0.3 is 0 Å². The SMILES string of the molecule is CCNCc1ccccc1NC(=O)c1cncn1C. The first-order valence-electron chi connectivity index (χ1n) is 6.28. The molecule has 0 spiro atoms. The number of hydrogen-bond donors (Lipinski definition) is 2. The molecule has 2 aromatic rings. The summed E-state index contributed by atoms with van der Waals surface area (Å²) in [6.07, 6.45) is 3.17. The topological polar surface area (TPSA) is 58.9 Å². The van der Waals surface area contributed by atoms with Crippen LogP contribution in [0.1, 0.15) is 23.0 Å². The zero-order chi connectivity index (χ0) is 13.7. The molecule has 5 nitrogen and oxygen atoms in total. The Morgan fingerprint density at radius 3 is 2.84 bits per heavy atom. The predicted octanol–water partition coefficient (Wildman–Crippen LogP) is 1.78. The molecule has 5 heteroatoms. The van der Waals surface area contributed by atoms with Crippen molar-refractivity contribution in [3.05, 3.63) is 48.0 Å². The number of hydrogen-bond acceptors (Lipinski definition) is 3. The van der Waals surface area contributed by atoms with Crippen molar-refractivity contribution < 1.29 is 4.79 Å². The fourth-order valence-corrected chi connectivity index (χ4v) is 1.82. The Labute approximate surface area is 112 Å². The van der Waals surface area contributed by atoms with Crippen LogP contribution < -0.4 is 10.6 Å². The highest BCUT2D eigenvalue weighted by Crippen LogP contribution is 2.15. The smallest absolute Gasteiger partial charge is 0.273 e. The molecule has 0 aliphatic rings. The standard InChI is InChI=1S/C14H18N4O/c1-3-15-8-11-6-4-5-7-12(11)17-14(19)13-9-16-10-18(13)2/h4-7,9-10,15H,3,8H2,1-2H3,(H,17,19). The Hall–Kier alpha value is -2.14. The molecule has 0 atom stereocenters. The first kappa shape index (κ1) is 13.3. The van der Waals surface area contributed by atoms with Crippen LogP contribution in [-0.2, 0) is 13.6 Å². The van der Waals surface area contributed by atoms with Gasteiger partial charge in [-0.2, -0.15) is 0 Å². The van der Waals surface area contributed by atoms with E-state index in [-0.39, 0.29) is 5.91 Å². The maximum Gasteiger partial charge on any atom is 0.273 e. The normalized spacial score (nSPS) is 10.4. The second-order valence-electron chi connectivity index (χ2n) is 4.28. The van der Waals surface area contributed by atoms with Crippen molar-refractivity contribution in [1.29, 1.82) is 0 Å². The van der Waals surface area contributed by atoms with Crippen molar-refractivity contribution in [2.75, 3.05) is 11.9 Å². The van der Waals surface area contributed by atoms with E-state index in [4.69, 9.17) is 0 Å². The molecule has 0 fully saturated rings. The van der Waals surface area contributed by atoms with E-state index >= 15 is 0 Å². The van der Waals surface area contributed by atoms with E-state index in [0.717, 1.165) is 24.3 Å². The van der Waals surface area contributed by atoms with E-state index < -0.39 is 0 Å². The summed E-state index contributed by atoms with van der Waals surface area (Å²) in [4.78, 5) is 16.1.